The van der Waals surface area contributed by atoms with Gasteiger partial charge in [0.25, 0.3) is 0 Å². The molecule has 0 aliphatic carbocycles. The van der Waals surface area contributed by atoms with Crippen molar-refractivity contribution in [2.45, 2.75) is 19.0 Å². The van der Waals surface area contributed by atoms with E-state index in [1.165, 1.54) is 0 Å². The van der Waals surface area contributed by atoms with E-state index in [2.05, 4.69) is 4.98 Å². The maximum absolute atomic E-state index is 6.03. The van der Waals surface area contributed by atoms with Crippen LogP contribution in [0, 0.1) is 0 Å². The highest BCUT2D eigenvalue weighted by Crippen LogP contribution is 2.30. The molecular weight excluding hydrogens is 341 g/mol. The molecule has 0 N–H and O–H groups in total. The normalized spacial score (nSPS) is 15.9. The second kappa shape index (κ2) is 8.71. The number of hydrogen-bond acceptors (Lipinski definition) is 5. The van der Waals surface area contributed by atoms with Crippen LogP contribution in [0.2, 0.25) is 0 Å². The van der Waals surface area contributed by atoms with Crippen molar-refractivity contribution in [2.75, 3.05) is 6.61 Å². The first-order chi connectivity index (χ1) is 13.4. The Bertz CT molecular complexity index is 855. The SMILES string of the molecule is B1OOCC1c1ccc(OCc2ccccc2)nc1OCc1ccccc1. The molecule has 6 heteroatoms. The van der Waals surface area contributed by atoms with Gasteiger partial charge in [-0.25, -0.2) is 0 Å². The molecule has 2 heterocycles. The fraction of sp³-hybridized carbons (Fsp3) is 0.190. The summed E-state index contributed by atoms with van der Waals surface area (Å²) in [5.41, 5.74) is 3.14. The summed E-state index contributed by atoms with van der Waals surface area (Å²) >= 11 is 0. The van der Waals surface area contributed by atoms with Crippen LogP contribution >= 0.6 is 0 Å². The summed E-state index contributed by atoms with van der Waals surface area (Å²) in [4.78, 5) is 14.7. The molecule has 27 heavy (non-hydrogen) atoms. The Kier molecular flexibility index (Phi) is 5.67. The van der Waals surface area contributed by atoms with E-state index >= 15 is 0 Å². The summed E-state index contributed by atoms with van der Waals surface area (Å²) in [6, 6.07) is 23.9. The zero-order valence-corrected chi connectivity index (χ0v) is 14.9. The van der Waals surface area contributed by atoms with Crippen LogP contribution in [0.4, 0.5) is 0 Å². The third-order valence-corrected chi connectivity index (χ3v) is 4.37. The number of pyridine rings is 1. The molecule has 1 saturated heterocycles. The van der Waals surface area contributed by atoms with Crippen molar-refractivity contribution in [1.29, 1.82) is 0 Å². The van der Waals surface area contributed by atoms with E-state index in [0.29, 0.717) is 39.1 Å². The lowest BCUT2D eigenvalue weighted by Gasteiger charge is -2.15. The van der Waals surface area contributed by atoms with Crippen molar-refractivity contribution in [3.63, 3.8) is 0 Å². The molecular formula is C21H20BNO4. The van der Waals surface area contributed by atoms with E-state index in [4.69, 9.17) is 19.2 Å². The van der Waals surface area contributed by atoms with Crippen molar-refractivity contribution in [2.24, 2.45) is 0 Å². The topological polar surface area (TPSA) is 49.8 Å². The quantitative estimate of drug-likeness (QED) is 0.476. The second-order valence-corrected chi connectivity index (χ2v) is 6.36. The molecule has 1 unspecified atom stereocenters. The lowest BCUT2D eigenvalue weighted by Crippen LogP contribution is -2.10. The van der Waals surface area contributed by atoms with Crippen molar-refractivity contribution in [1.82, 2.24) is 4.98 Å². The molecule has 0 radical (unpaired) electrons. The summed E-state index contributed by atoms with van der Waals surface area (Å²) in [6.07, 6.45) is 0. The molecule has 4 rings (SSSR count). The van der Waals surface area contributed by atoms with Crippen LogP contribution < -0.4 is 9.47 Å². The Morgan fingerprint density at radius 1 is 0.852 bits per heavy atom. The van der Waals surface area contributed by atoms with E-state index in [0.717, 1.165) is 16.7 Å². The minimum absolute atomic E-state index is 0.103. The lowest BCUT2D eigenvalue weighted by molar-refractivity contribution is -0.183. The van der Waals surface area contributed by atoms with E-state index in [-0.39, 0.29) is 5.82 Å². The van der Waals surface area contributed by atoms with Crippen LogP contribution in [-0.2, 0) is 22.9 Å². The molecule has 0 bridgehead atoms. The largest absolute Gasteiger partial charge is 0.473 e. The van der Waals surface area contributed by atoms with Gasteiger partial charge in [0, 0.05) is 17.4 Å². The minimum atomic E-state index is 0.103. The third-order valence-electron chi connectivity index (χ3n) is 4.37. The fourth-order valence-corrected chi connectivity index (χ4v) is 2.89. The Labute approximate surface area is 159 Å². The number of nitrogens with zero attached hydrogens (tertiary/aromatic N) is 1. The van der Waals surface area contributed by atoms with Crippen LogP contribution in [0.3, 0.4) is 0 Å². The van der Waals surface area contributed by atoms with Gasteiger partial charge in [0.1, 0.15) is 13.2 Å². The Morgan fingerprint density at radius 2 is 1.52 bits per heavy atom. The molecule has 1 aromatic heterocycles. The van der Waals surface area contributed by atoms with E-state index in [1.807, 2.05) is 72.8 Å². The average Bonchev–Trinajstić information content (AvgIpc) is 3.27. The molecule has 1 aliphatic rings. The Hall–Kier alpha value is -2.83. The number of benzene rings is 2. The van der Waals surface area contributed by atoms with Crippen molar-refractivity contribution in [3.05, 3.63) is 89.5 Å². The zero-order chi connectivity index (χ0) is 18.3. The van der Waals surface area contributed by atoms with Crippen LogP contribution in [0.1, 0.15) is 22.5 Å². The van der Waals surface area contributed by atoms with Gasteiger partial charge < -0.3 is 14.3 Å². The highest BCUT2D eigenvalue weighted by molar-refractivity contribution is 6.30. The first-order valence-corrected chi connectivity index (χ1v) is 8.97. The summed E-state index contributed by atoms with van der Waals surface area (Å²) in [5.74, 6) is 1.19. The first-order valence-electron chi connectivity index (χ1n) is 8.97. The first kappa shape index (κ1) is 17.6. The highest BCUT2D eigenvalue weighted by atomic mass is 17.2. The Balaban J connectivity index is 1.51. The second-order valence-electron chi connectivity index (χ2n) is 6.36. The fourth-order valence-electron chi connectivity index (χ4n) is 2.89. The summed E-state index contributed by atoms with van der Waals surface area (Å²) in [6.45, 7) is 1.39. The molecule has 0 spiro atoms. The van der Waals surface area contributed by atoms with Gasteiger partial charge in [0.05, 0.1) is 6.61 Å². The monoisotopic (exact) mass is 361 g/mol. The molecule has 1 fully saturated rings. The van der Waals surface area contributed by atoms with Crippen LogP contribution in [0.25, 0.3) is 0 Å². The van der Waals surface area contributed by atoms with Gasteiger partial charge in [-0.3, -0.25) is 4.89 Å². The van der Waals surface area contributed by atoms with Gasteiger partial charge in [-0.15, -0.1) is 0 Å². The predicted octanol–water partition coefficient (Wildman–Crippen LogP) is 3.59. The number of ether oxygens (including phenoxy) is 2. The molecule has 1 aliphatic heterocycles. The van der Waals surface area contributed by atoms with Gasteiger partial charge in [0.2, 0.25) is 11.8 Å². The molecule has 5 nitrogen and oxygen atoms in total. The zero-order valence-electron chi connectivity index (χ0n) is 14.9. The lowest BCUT2D eigenvalue weighted by atomic mass is 9.77. The number of hydrogen-bond donors (Lipinski definition) is 0. The maximum Gasteiger partial charge on any atom is 0.333 e. The van der Waals surface area contributed by atoms with Gasteiger partial charge in [-0.1, -0.05) is 60.7 Å². The number of rotatable bonds is 7. The van der Waals surface area contributed by atoms with Crippen LogP contribution in [0.15, 0.2) is 72.8 Å². The van der Waals surface area contributed by atoms with Gasteiger partial charge in [-0.05, 0) is 17.2 Å². The molecule has 1 atom stereocenters. The standard InChI is InChI=1S/C21H20BNO4/c1-3-7-16(8-4-1)13-24-20-12-11-18(19-15-26-27-22-19)21(23-20)25-14-17-9-5-2-6-10-17/h1-12,19,22H,13-15H2. The number of aromatic nitrogens is 1. The van der Waals surface area contributed by atoms with E-state index < -0.39 is 0 Å². The van der Waals surface area contributed by atoms with Crippen LogP contribution in [0.5, 0.6) is 11.8 Å². The Morgan fingerprint density at radius 3 is 2.15 bits per heavy atom. The van der Waals surface area contributed by atoms with Crippen molar-refractivity contribution >= 4 is 7.48 Å². The molecule has 3 aromatic rings. The van der Waals surface area contributed by atoms with Gasteiger partial charge in [-0.2, -0.15) is 4.98 Å². The third kappa shape index (κ3) is 4.67. The smallest absolute Gasteiger partial charge is 0.333 e. The van der Waals surface area contributed by atoms with E-state index in [1.54, 1.807) is 0 Å². The summed E-state index contributed by atoms with van der Waals surface area (Å²) < 4.78 is 11.9. The maximum atomic E-state index is 6.03. The van der Waals surface area contributed by atoms with Crippen LogP contribution in [-0.4, -0.2) is 19.1 Å². The van der Waals surface area contributed by atoms with Crippen molar-refractivity contribution < 1.29 is 19.2 Å². The average molecular weight is 361 g/mol. The van der Waals surface area contributed by atoms with Crippen molar-refractivity contribution in [3.8, 4) is 11.8 Å². The highest BCUT2D eigenvalue weighted by Gasteiger charge is 2.26. The molecule has 136 valence electrons. The molecule has 2 aromatic carbocycles. The molecule has 0 amide bonds. The summed E-state index contributed by atoms with van der Waals surface area (Å²) in [5, 5.41) is 0. The van der Waals surface area contributed by atoms with Gasteiger partial charge >= 0.3 is 7.48 Å². The van der Waals surface area contributed by atoms with E-state index in [9.17, 15) is 0 Å². The van der Waals surface area contributed by atoms with Gasteiger partial charge in [0.15, 0.2) is 0 Å². The summed E-state index contributed by atoms with van der Waals surface area (Å²) in [7, 11) is 0.494. The predicted molar refractivity (Wildman–Crippen MR) is 103 cm³/mol. The minimum Gasteiger partial charge on any atom is -0.473 e. The molecule has 0 saturated carbocycles.